The molecule has 164 valence electrons. The van der Waals surface area contributed by atoms with Gasteiger partial charge in [-0.15, -0.1) is 0 Å². The molecule has 1 amide bonds. The van der Waals surface area contributed by atoms with Crippen LogP contribution in [0.3, 0.4) is 0 Å². The molecular weight excluding hydrogens is 482 g/mol. The number of hydrogen-bond acceptors (Lipinski definition) is 5. The van der Waals surface area contributed by atoms with Crippen molar-refractivity contribution in [1.82, 2.24) is 10.3 Å². The molecule has 1 aromatic heterocycles. The van der Waals surface area contributed by atoms with Crippen molar-refractivity contribution in [1.29, 1.82) is 0 Å². The summed E-state index contributed by atoms with van der Waals surface area (Å²) >= 11 is 6.37. The van der Waals surface area contributed by atoms with Gasteiger partial charge in [-0.1, -0.05) is 47.2 Å². The second-order valence-corrected chi connectivity index (χ2v) is 9.32. The number of carbonyl (C=O) groups excluding carboxylic acids is 1. The average Bonchev–Trinajstić information content (AvgIpc) is 3.09. The number of hydrogen-bond donors (Lipinski definition) is 2. The summed E-state index contributed by atoms with van der Waals surface area (Å²) in [7, 11) is -4.84. The largest absolute Gasteiger partial charge is 0.419 e. The fourth-order valence-electron chi connectivity index (χ4n) is 2.58. The van der Waals surface area contributed by atoms with Gasteiger partial charge in [-0.05, 0) is 23.8 Å². The number of rotatable bonds is 6. The molecule has 31 heavy (non-hydrogen) atoms. The molecule has 0 radical (unpaired) electrons. The van der Waals surface area contributed by atoms with E-state index in [1.54, 1.807) is 18.2 Å². The fraction of sp³-hybridized carbons (Fsp3) is 0.111. The van der Waals surface area contributed by atoms with Crippen LogP contribution in [0.25, 0.3) is 0 Å². The minimum absolute atomic E-state index is 0.109. The molecule has 0 aliphatic rings. The minimum Gasteiger partial charge on any atom is -0.348 e. The Morgan fingerprint density at radius 1 is 1.13 bits per heavy atom. The molecule has 2 N–H and O–H groups in total. The molecule has 3 rings (SSSR count). The van der Waals surface area contributed by atoms with E-state index in [2.05, 4.69) is 10.3 Å². The van der Waals surface area contributed by atoms with Crippen LogP contribution in [0.5, 0.6) is 0 Å². The first-order valence-electron chi connectivity index (χ1n) is 8.35. The Balaban J connectivity index is 2.00. The molecule has 0 aliphatic heterocycles. The van der Waals surface area contributed by atoms with Crippen molar-refractivity contribution in [3.8, 4) is 0 Å². The van der Waals surface area contributed by atoms with Crippen molar-refractivity contribution >= 4 is 44.0 Å². The summed E-state index contributed by atoms with van der Waals surface area (Å²) in [6.07, 6.45) is -4.02. The van der Waals surface area contributed by atoms with Gasteiger partial charge in [0.25, 0.3) is 15.9 Å². The highest BCUT2D eigenvalue weighted by atomic mass is 35.5. The van der Waals surface area contributed by atoms with Crippen molar-refractivity contribution in [2.75, 3.05) is 4.72 Å². The molecule has 1 heterocycles. The van der Waals surface area contributed by atoms with Crippen LogP contribution in [0.4, 0.5) is 22.7 Å². The number of thiazole rings is 1. The number of halogens is 5. The van der Waals surface area contributed by atoms with Gasteiger partial charge in [0, 0.05) is 12.1 Å². The number of sulfonamides is 1. The SMILES string of the molecule is O=C(NCc1ccc(C(F)(F)F)c(F)c1S(=O)(=O)Nc1ncc(Cl)s1)c1ccccc1. The van der Waals surface area contributed by atoms with Crippen molar-refractivity contribution < 1.29 is 30.8 Å². The first-order valence-corrected chi connectivity index (χ1v) is 11.0. The molecule has 6 nitrogen and oxygen atoms in total. The summed E-state index contributed by atoms with van der Waals surface area (Å²) in [5.41, 5.74) is -1.91. The van der Waals surface area contributed by atoms with Gasteiger partial charge in [-0.3, -0.25) is 9.52 Å². The van der Waals surface area contributed by atoms with Crippen LogP contribution in [-0.4, -0.2) is 19.3 Å². The van der Waals surface area contributed by atoms with Crippen molar-refractivity contribution in [2.45, 2.75) is 17.6 Å². The fourth-order valence-corrected chi connectivity index (χ4v) is 4.95. The Kier molecular flexibility index (Phi) is 6.53. The molecule has 0 atom stereocenters. The van der Waals surface area contributed by atoms with Crippen LogP contribution in [0.1, 0.15) is 21.5 Å². The number of amides is 1. The summed E-state index contributed by atoms with van der Waals surface area (Å²) in [5.74, 6) is -2.61. The second-order valence-electron chi connectivity index (χ2n) is 6.04. The summed E-state index contributed by atoms with van der Waals surface area (Å²) in [6, 6.07) is 9.02. The molecule has 0 fully saturated rings. The molecule has 0 unspecified atom stereocenters. The predicted octanol–water partition coefficient (Wildman–Crippen LogP) is 4.69. The first kappa shape index (κ1) is 23.0. The van der Waals surface area contributed by atoms with Gasteiger partial charge < -0.3 is 5.32 Å². The molecule has 13 heteroatoms. The van der Waals surface area contributed by atoms with Crippen molar-refractivity contribution in [2.24, 2.45) is 0 Å². The Morgan fingerprint density at radius 2 is 1.81 bits per heavy atom. The van der Waals surface area contributed by atoms with E-state index in [4.69, 9.17) is 11.6 Å². The van der Waals surface area contributed by atoms with E-state index in [0.29, 0.717) is 17.4 Å². The molecule has 0 saturated carbocycles. The Hall–Kier alpha value is -2.70. The third kappa shape index (κ3) is 5.32. The first-order chi connectivity index (χ1) is 14.5. The van der Waals surface area contributed by atoms with Gasteiger partial charge in [0.1, 0.15) is 9.23 Å². The van der Waals surface area contributed by atoms with Gasteiger partial charge in [0.15, 0.2) is 10.9 Å². The van der Waals surface area contributed by atoms with Gasteiger partial charge in [-0.25, -0.2) is 17.8 Å². The molecule has 0 spiro atoms. The summed E-state index contributed by atoms with van der Waals surface area (Å²) in [6.45, 7) is -0.544. The lowest BCUT2D eigenvalue weighted by atomic mass is 10.1. The standard InChI is InChI=1S/C18H12ClF4N3O3S2/c19-13-9-25-17(30-13)26-31(28,29)15-11(6-7-12(14(15)20)18(21,22)23)8-24-16(27)10-4-2-1-3-5-10/h1-7,9H,8H2,(H,24,27)(H,25,26). The van der Waals surface area contributed by atoms with E-state index >= 15 is 0 Å². The maximum Gasteiger partial charge on any atom is 0.419 e. The van der Waals surface area contributed by atoms with E-state index in [9.17, 15) is 30.8 Å². The minimum atomic E-state index is -5.13. The maximum absolute atomic E-state index is 14.8. The summed E-state index contributed by atoms with van der Waals surface area (Å²) < 4.78 is 81.8. The van der Waals surface area contributed by atoms with E-state index in [1.165, 1.54) is 12.1 Å². The van der Waals surface area contributed by atoms with Gasteiger partial charge in [-0.2, -0.15) is 13.2 Å². The van der Waals surface area contributed by atoms with Gasteiger partial charge in [0.05, 0.1) is 11.8 Å². The monoisotopic (exact) mass is 493 g/mol. The number of aromatic nitrogens is 1. The quantitative estimate of drug-likeness (QED) is 0.488. The lowest BCUT2D eigenvalue weighted by molar-refractivity contribution is -0.140. The van der Waals surface area contributed by atoms with Crippen LogP contribution in [-0.2, 0) is 22.7 Å². The van der Waals surface area contributed by atoms with Crippen LogP contribution in [0.15, 0.2) is 53.6 Å². The van der Waals surface area contributed by atoms with E-state index in [1.807, 2.05) is 4.72 Å². The normalized spacial score (nSPS) is 11.9. The number of benzene rings is 2. The van der Waals surface area contributed by atoms with Crippen LogP contribution in [0.2, 0.25) is 4.34 Å². The van der Waals surface area contributed by atoms with Crippen molar-refractivity contribution in [3.05, 3.63) is 75.5 Å². The third-order valence-electron chi connectivity index (χ3n) is 3.93. The highest BCUT2D eigenvalue weighted by Gasteiger charge is 2.38. The lowest BCUT2D eigenvalue weighted by Gasteiger charge is -2.16. The molecule has 0 bridgehead atoms. The summed E-state index contributed by atoms with van der Waals surface area (Å²) in [4.78, 5) is 14.6. The summed E-state index contributed by atoms with van der Waals surface area (Å²) in [5, 5.41) is 2.11. The number of anilines is 1. The molecule has 2 aromatic carbocycles. The smallest absolute Gasteiger partial charge is 0.348 e. The van der Waals surface area contributed by atoms with Crippen LogP contribution < -0.4 is 10.0 Å². The molecule has 0 aliphatic carbocycles. The number of nitrogens with zero attached hydrogens (tertiary/aromatic N) is 1. The van der Waals surface area contributed by atoms with E-state index in [0.717, 1.165) is 12.3 Å². The zero-order valence-corrected chi connectivity index (χ0v) is 17.6. The van der Waals surface area contributed by atoms with Crippen molar-refractivity contribution in [3.63, 3.8) is 0 Å². The van der Waals surface area contributed by atoms with Gasteiger partial charge >= 0.3 is 6.18 Å². The molecule has 0 saturated heterocycles. The molecule has 3 aromatic rings. The average molecular weight is 494 g/mol. The van der Waals surface area contributed by atoms with Crippen LogP contribution >= 0.6 is 22.9 Å². The number of alkyl halides is 3. The maximum atomic E-state index is 14.8. The highest BCUT2D eigenvalue weighted by molar-refractivity contribution is 7.93. The van der Waals surface area contributed by atoms with E-state index in [-0.39, 0.29) is 20.6 Å². The zero-order chi connectivity index (χ0) is 22.8. The third-order valence-corrected chi connectivity index (χ3v) is 6.53. The Morgan fingerprint density at radius 3 is 2.39 bits per heavy atom. The highest BCUT2D eigenvalue weighted by Crippen LogP contribution is 2.36. The van der Waals surface area contributed by atoms with Gasteiger partial charge in [0.2, 0.25) is 0 Å². The Bertz CT molecular complexity index is 1220. The number of carbonyl (C=O) groups is 1. The van der Waals surface area contributed by atoms with E-state index < -0.39 is 44.9 Å². The predicted molar refractivity (Wildman–Crippen MR) is 107 cm³/mol. The molecular formula is C18H12ClF4N3O3S2. The van der Waals surface area contributed by atoms with Crippen LogP contribution in [0, 0.1) is 5.82 Å². The lowest BCUT2D eigenvalue weighted by Crippen LogP contribution is -2.26. The second kappa shape index (κ2) is 8.81. The topological polar surface area (TPSA) is 88.2 Å². The number of nitrogens with one attached hydrogen (secondary N) is 2. The zero-order valence-electron chi connectivity index (χ0n) is 15.2. The Labute approximate surface area is 182 Å².